The molecule has 0 aliphatic carbocycles. The predicted molar refractivity (Wildman–Crippen MR) is 99.4 cm³/mol. The fraction of sp³-hybridized carbons (Fsp3) is 0.353. The average molecular weight is 393 g/mol. The molecule has 24 heavy (non-hydrogen) atoms. The summed E-state index contributed by atoms with van der Waals surface area (Å²) >= 11 is 3.39. The van der Waals surface area contributed by atoms with Crippen LogP contribution in [-0.2, 0) is 11.3 Å². The highest BCUT2D eigenvalue weighted by atomic mass is 79.9. The third-order valence-corrected chi connectivity index (χ3v) is 4.04. The Balaban J connectivity index is 2.09. The SMILES string of the molecule is CC(C)Cn1ccnc(N(C)CC(=O)Nc2ccccc2Br)c1=O. The number of rotatable bonds is 6. The van der Waals surface area contributed by atoms with Gasteiger partial charge in [0.05, 0.1) is 12.2 Å². The molecule has 0 saturated carbocycles. The third-order valence-electron chi connectivity index (χ3n) is 3.35. The van der Waals surface area contributed by atoms with Crippen molar-refractivity contribution >= 4 is 33.3 Å². The van der Waals surface area contributed by atoms with Crippen molar-refractivity contribution in [1.29, 1.82) is 0 Å². The highest BCUT2D eigenvalue weighted by molar-refractivity contribution is 9.10. The van der Waals surface area contributed by atoms with Crippen LogP contribution in [0.5, 0.6) is 0 Å². The van der Waals surface area contributed by atoms with Crippen LogP contribution in [0, 0.1) is 5.92 Å². The lowest BCUT2D eigenvalue weighted by Gasteiger charge is -2.18. The van der Waals surface area contributed by atoms with Crippen molar-refractivity contribution in [3.8, 4) is 0 Å². The second kappa shape index (κ2) is 8.10. The van der Waals surface area contributed by atoms with Gasteiger partial charge in [0.1, 0.15) is 0 Å². The molecule has 0 aliphatic heterocycles. The van der Waals surface area contributed by atoms with Crippen LogP contribution < -0.4 is 15.8 Å². The molecule has 1 N–H and O–H groups in total. The number of halogens is 1. The monoisotopic (exact) mass is 392 g/mol. The zero-order valence-electron chi connectivity index (χ0n) is 14.0. The van der Waals surface area contributed by atoms with E-state index in [4.69, 9.17) is 0 Å². The first-order valence-corrected chi connectivity index (χ1v) is 8.48. The Hall–Kier alpha value is -2.15. The molecule has 0 bridgehead atoms. The van der Waals surface area contributed by atoms with Gasteiger partial charge in [0.15, 0.2) is 5.82 Å². The number of hydrogen-bond donors (Lipinski definition) is 1. The van der Waals surface area contributed by atoms with Crippen LogP contribution in [0.3, 0.4) is 0 Å². The van der Waals surface area contributed by atoms with E-state index in [9.17, 15) is 9.59 Å². The number of amides is 1. The number of hydrogen-bond acceptors (Lipinski definition) is 4. The van der Waals surface area contributed by atoms with Crippen molar-refractivity contribution in [2.24, 2.45) is 5.92 Å². The van der Waals surface area contributed by atoms with Gasteiger partial charge in [-0.1, -0.05) is 26.0 Å². The van der Waals surface area contributed by atoms with Gasteiger partial charge in [-0.3, -0.25) is 9.59 Å². The van der Waals surface area contributed by atoms with Gasteiger partial charge in [0.2, 0.25) is 5.91 Å². The Kier molecular flexibility index (Phi) is 6.14. The van der Waals surface area contributed by atoms with E-state index >= 15 is 0 Å². The zero-order valence-corrected chi connectivity index (χ0v) is 15.6. The molecule has 0 saturated heterocycles. The Morgan fingerprint density at radius 2 is 2.08 bits per heavy atom. The summed E-state index contributed by atoms with van der Waals surface area (Å²) in [6.45, 7) is 4.74. The standard InChI is InChI=1S/C17H21BrN4O2/c1-12(2)10-22-9-8-19-16(17(22)24)21(3)11-15(23)20-14-7-5-4-6-13(14)18/h4-9,12H,10-11H2,1-3H3,(H,20,23). The van der Waals surface area contributed by atoms with Crippen molar-refractivity contribution in [3.63, 3.8) is 0 Å². The highest BCUT2D eigenvalue weighted by Crippen LogP contribution is 2.21. The molecule has 0 atom stereocenters. The first-order chi connectivity index (χ1) is 11.4. The van der Waals surface area contributed by atoms with Gasteiger partial charge in [-0.25, -0.2) is 4.98 Å². The van der Waals surface area contributed by atoms with E-state index in [1.54, 1.807) is 35.0 Å². The topological polar surface area (TPSA) is 67.2 Å². The van der Waals surface area contributed by atoms with Gasteiger partial charge in [-0.15, -0.1) is 0 Å². The van der Waals surface area contributed by atoms with Crippen molar-refractivity contribution in [2.75, 3.05) is 23.8 Å². The predicted octanol–water partition coefficient (Wildman–Crippen LogP) is 2.74. The number of likely N-dealkylation sites (N-methyl/N-ethyl adjacent to an activating group) is 1. The molecule has 1 aromatic carbocycles. The molecule has 0 unspecified atom stereocenters. The molecule has 1 heterocycles. The molecule has 6 nitrogen and oxygen atoms in total. The first-order valence-electron chi connectivity index (χ1n) is 7.69. The van der Waals surface area contributed by atoms with Crippen molar-refractivity contribution in [1.82, 2.24) is 9.55 Å². The quantitative estimate of drug-likeness (QED) is 0.820. The molecular weight excluding hydrogens is 372 g/mol. The van der Waals surface area contributed by atoms with Crippen LogP contribution in [-0.4, -0.2) is 29.1 Å². The summed E-state index contributed by atoms with van der Waals surface area (Å²) in [4.78, 5) is 30.4. The number of carbonyl (C=O) groups excluding carboxylic acids is 1. The Bertz CT molecular complexity index is 773. The fourth-order valence-electron chi connectivity index (χ4n) is 2.28. The highest BCUT2D eigenvalue weighted by Gasteiger charge is 2.14. The number of para-hydroxylation sites is 1. The maximum Gasteiger partial charge on any atom is 0.293 e. The van der Waals surface area contributed by atoms with E-state index in [1.165, 1.54) is 0 Å². The molecule has 128 valence electrons. The minimum atomic E-state index is -0.218. The average Bonchev–Trinajstić information content (AvgIpc) is 2.51. The van der Waals surface area contributed by atoms with E-state index < -0.39 is 0 Å². The van der Waals surface area contributed by atoms with Crippen LogP contribution in [0.25, 0.3) is 0 Å². The van der Waals surface area contributed by atoms with Gasteiger partial charge in [-0.2, -0.15) is 0 Å². The largest absolute Gasteiger partial charge is 0.346 e. The Morgan fingerprint density at radius 1 is 1.38 bits per heavy atom. The summed E-state index contributed by atoms with van der Waals surface area (Å²) in [6, 6.07) is 7.37. The molecule has 1 amide bonds. The van der Waals surface area contributed by atoms with Crippen molar-refractivity contribution in [2.45, 2.75) is 20.4 Å². The smallest absolute Gasteiger partial charge is 0.293 e. The van der Waals surface area contributed by atoms with E-state index in [0.29, 0.717) is 18.2 Å². The second-order valence-electron chi connectivity index (χ2n) is 5.99. The number of nitrogens with zero attached hydrogens (tertiary/aromatic N) is 3. The van der Waals surface area contributed by atoms with Crippen LogP contribution in [0.4, 0.5) is 11.5 Å². The molecular formula is C17H21BrN4O2. The Labute approximate surface area is 149 Å². The van der Waals surface area contributed by atoms with Crippen molar-refractivity contribution in [3.05, 3.63) is 51.5 Å². The molecule has 7 heteroatoms. The number of aromatic nitrogens is 2. The first kappa shape index (κ1) is 18.2. The normalized spacial score (nSPS) is 10.7. The van der Waals surface area contributed by atoms with E-state index in [2.05, 4.69) is 26.2 Å². The summed E-state index contributed by atoms with van der Waals surface area (Å²) in [5, 5.41) is 2.81. The zero-order chi connectivity index (χ0) is 17.7. The molecule has 0 aliphatic rings. The van der Waals surface area contributed by atoms with Crippen LogP contribution >= 0.6 is 15.9 Å². The number of benzene rings is 1. The molecule has 2 aromatic rings. The summed E-state index contributed by atoms with van der Waals surface area (Å²) in [6.07, 6.45) is 3.25. The number of carbonyl (C=O) groups is 1. The molecule has 0 radical (unpaired) electrons. The molecule has 0 spiro atoms. The Morgan fingerprint density at radius 3 is 2.75 bits per heavy atom. The minimum absolute atomic E-state index is 0.0370. The van der Waals surface area contributed by atoms with E-state index in [1.807, 2.05) is 32.0 Å². The molecule has 1 aromatic heterocycles. The number of nitrogens with one attached hydrogen (secondary N) is 1. The van der Waals surface area contributed by atoms with Gasteiger partial charge in [0, 0.05) is 30.5 Å². The lowest BCUT2D eigenvalue weighted by molar-refractivity contribution is -0.114. The van der Waals surface area contributed by atoms with E-state index in [0.717, 1.165) is 4.47 Å². The third kappa shape index (κ3) is 4.67. The van der Waals surface area contributed by atoms with Gasteiger partial charge >= 0.3 is 0 Å². The van der Waals surface area contributed by atoms with Crippen molar-refractivity contribution < 1.29 is 4.79 Å². The maximum absolute atomic E-state index is 12.5. The number of anilines is 2. The lowest BCUT2D eigenvalue weighted by atomic mass is 10.2. The van der Waals surface area contributed by atoms with Crippen LogP contribution in [0.2, 0.25) is 0 Å². The lowest BCUT2D eigenvalue weighted by Crippen LogP contribution is -2.36. The summed E-state index contributed by atoms with van der Waals surface area (Å²) in [7, 11) is 1.68. The van der Waals surface area contributed by atoms with E-state index in [-0.39, 0.29) is 23.8 Å². The molecule has 0 fully saturated rings. The van der Waals surface area contributed by atoms with Crippen LogP contribution in [0.15, 0.2) is 45.9 Å². The van der Waals surface area contributed by atoms with Gasteiger partial charge < -0.3 is 14.8 Å². The summed E-state index contributed by atoms with van der Waals surface area (Å²) < 4.78 is 2.42. The van der Waals surface area contributed by atoms with Gasteiger partial charge in [0.25, 0.3) is 5.56 Å². The maximum atomic E-state index is 12.5. The fourth-order valence-corrected chi connectivity index (χ4v) is 2.66. The molecule has 2 rings (SSSR count). The van der Waals surface area contributed by atoms with Gasteiger partial charge in [-0.05, 0) is 34.0 Å². The minimum Gasteiger partial charge on any atom is -0.346 e. The second-order valence-corrected chi connectivity index (χ2v) is 6.84. The summed E-state index contributed by atoms with van der Waals surface area (Å²) in [5.41, 5.74) is 0.497. The summed E-state index contributed by atoms with van der Waals surface area (Å²) in [5.74, 6) is 0.396. The van der Waals surface area contributed by atoms with Crippen LogP contribution in [0.1, 0.15) is 13.8 Å².